The lowest BCUT2D eigenvalue weighted by Crippen LogP contribution is -2.03. The monoisotopic (exact) mass is 326 g/mol. The fourth-order valence-corrected chi connectivity index (χ4v) is 4.89. The molecule has 0 aromatic carbocycles. The molecule has 0 saturated heterocycles. The van der Waals surface area contributed by atoms with Crippen molar-refractivity contribution in [2.24, 2.45) is 0 Å². The minimum Gasteiger partial charge on any atom is -0.270 e. The SMILES string of the molecule is Cc1cc(C)n(CCCCc2ncnc3sc4c(c23)CCC4)n1. The molecule has 3 aromatic rings. The van der Waals surface area contributed by atoms with Gasteiger partial charge in [0.2, 0.25) is 0 Å². The molecular formula is C18H22N4S. The fourth-order valence-electron chi connectivity index (χ4n) is 3.64. The minimum absolute atomic E-state index is 0.996. The molecule has 0 aliphatic heterocycles. The van der Waals surface area contributed by atoms with Gasteiger partial charge in [-0.05, 0) is 64.0 Å². The Morgan fingerprint density at radius 1 is 1.17 bits per heavy atom. The fraction of sp³-hybridized carbons (Fsp3) is 0.500. The van der Waals surface area contributed by atoms with E-state index in [0.29, 0.717) is 0 Å². The molecule has 120 valence electrons. The molecular weight excluding hydrogens is 304 g/mol. The predicted octanol–water partition coefficient (Wildman–Crippen LogP) is 4.02. The van der Waals surface area contributed by atoms with Crippen LogP contribution in [-0.4, -0.2) is 19.7 Å². The minimum atomic E-state index is 0.996. The summed E-state index contributed by atoms with van der Waals surface area (Å²) in [5, 5.41) is 5.91. The van der Waals surface area contributed by atoms with Gasteiger partial charge in [0.05, 0.1) is 11.4 Å². The van der Waals surface area contributed by atoms with Crippen LogP contribution < -0.4 is 0 Å². The van der Waals surface area contributed by atoms with Crippen LogP contribution in [0.25, 0.3) is 10.2 Å². The molecule has 0 spiro atoms. The lowest BCUT2D eigenvalue weighted by molar-refractivity contribution is 0.542. The van der Waals surface area contributed by atoms with E-state index < -0.39 is 0 Å². The first-order chi connectivity index (χ1) is 11.2. The molecule has 23 heavy (non-hydrogen) atoms. The van der Waals surface area contributed by atoms with E-state index in [1.165, 1.54) is 40.9 Å². The molecule has 4 rings (SSSR count). The Hall–Kier alpha value is -1.75. The van der Waals surface area contributed by atoms with E-state index in [-0.39, 0.29) is 0 Å². The third-order valence-corrected chi connectivity index (χ3v) is 5.92. The normalized spacial score (nSPS) is 13.8. The van der Waals surface area contributed by atoms with Crippen LogP contribution in [0.4, 0.5) is 0 Å². The molecule has 5 heteroatoms. The lowest BCUT2D eigenvalue weighted by Gasteiger charge is -2.06. The predicted molar refractivity (Wildman–Crippen MR) is 94.1 cm³/mol. The molecule has 0 saturated carbocycles. The highest BCUT2D eigenvalue weighted by molar-refractivity contribution is 7.18. The van der Waals surface area contributed by atoms with Crippen LogP contribution in [-0.2, 0) is 25.8 Å². The number of thiophene rings is 1. The van der Waals surface area contributed by atoms with E-state index >= 15 is 0 Å². The van der Waals surface area contributed by atoms with Gasteiger partial charge in [-0.15, -0.1) is 11.3 Å². The third kappa shape index (κ3) is 2.78. The summed E-state index contributed by atoms with van der Waals surface area (Å²) in [4.78, 5) is 11.8. The Balaban J connectivity index is 1.45. The van der Waals surface area contributed by atoms with E-state index in [4.69, 9.17) is 0 Å². The van der Waals surface area contributed by atoms with Gasteiger partial charge in [0.1, 0.15) is 11.2 Å². The molecule has 0 bridgehead atoms. The number of aromatic nitrogens is 4. The van der Waals surface area contributed by atoms with Crippen molar-refractivity contribution in [3.8, 4) is 0 Å². The Bertz CT molecular complexity index is 846. The topological polar surface area (TPSA) is 43.6 Å². The summed E-state index contributed by atoms with van der Waals surface area (Å²) < 4.78 is 2.12. The Kier molecular flexibility index (Phi) is 3.89. The van der Waals surface area contributed by atoms with Crippen molar-refractivity contribution < 1.29 is 0 Å². The average Bonchev–Trinajstić information content (AvgIpc) is 3.18. The molecule has 0 amide bonds. The van der Waals surface area contributed by atoms with Crippen molar-refractivity contribution in [3.05, 3.63) is 39.9 Å². The van der Waals surface area contributed by atoms with Crippen LogP contribution in [0.5, 0.6) is 0 Å². The lowest BCUT2D eigenvalue weighted by atomic mass is 10.1. The van der Waals surface area contributed by atoms with Gasteiger partial charge >= 0.3 is 0 Å². The van der Waals surface area contributed by atoms with Crippen molar-refractivity contribution in [3.63, 3.8) is 0 Å². The molecule has 1 aliphatic carbocycles. The quantitative estimate of drug-likeness (QED) is 0.665. The number of fused-ring (bicyclic) bond motifs is 3. The van der Waals surface area contributed by atoms with Crippen molar-refractivity contribution in [2.75, 3.05) is 0 Å². The molecule has 0 atom stereocenters. The van der Waals surface area contributed by atoms with Crippen molar-refractivity contribution in [1.82, 2.24) is 19.7 Å². The maximum absolute atomic E-state index is 4.60. The van der Waals surface area contributed by atoms with Crippen molar-refractivity contribution >= 4 is 21.6 Å². The molecule has 1 aliphatic rings. The Morgan fingerprint density at radius 2 is 2.09 bits per heavy atom. The second-order valence-electron chi connectivity index (χ2n) is 6.47. The van der Waals surface area contributed by atoms with Gasteiger partial charge in [-0.1, -0.05) is 0 Å². The van der Waals surface area contributed by atoms with Crippen molar-refractivity contribution in [2.45, 2.75) is 58.9 Å². The Labute approximate surface area is 140 Å². The maximum atomic E-state index is 4.60. The van der Waals surface area contributed by atoms with Crippen LogP contribution in [0.1, 0.15) is 46.8 Å². The maximum Gasteiger partial charge on any atom is 0.127 e. The van der Waals surface area contributed by atoms with E-state index in [0.717, 1.165) is 31.5 Å². The number of nitrogens with zero attached hydrogens (tertiary/aromatic N) is 4. The number of aryl methyl sites for hydroxylation is 6. The van der Waals surface area contributed by atoms with Gasteiger partial charge in [0, 0.05) is 22.5 Å². The summed E-state index contributed by atoms with van der Waals surface area (Å²) in [7, 11) is 0. The molecule has 0 radical (unpaired) electrons. The van der Waals surface area contributed by atoms with Gasteiger partial charge in [0.15, 0.2) is 0 Å². The van der Waals surface area contributed by atoms with Gasteiger partial charge < -0.3 is 0 Å². The molecule has 0 fully saturated rings. The number of hydrogen-bond donors (Lipinski definition) is 0. The molecule has 0 unspecified atom stereocenters. The highest BCUT2D eigenvalue weighted by atomic mass is 32.1. The van der Waals surface area contributed by atoms with Crippen LogP contribution in [0, 0.1) is 13.8 Å². The number of rotatable bonds is 5. The smallest absolute Gasteiger partial charge is 0.127 e. The zero-order valence-corrected chi connectivity index (χ0v) is 14.6. The van der Waals surface area contributed by atoms with E-state index in [1.54, 1.807) is 16.8 Å². The summed E-state index contributed by atoms with van der Waals surface area (Å²) in [5.74, 6) is 0. The van der Waals surface area contributed by atoms with E-state index in [9.17, 15) is 0 Å². The second kappa shape index (κ2) is 6.04. The largest absolute Gasteiger partial charge is 0.270 e. The number of unbranched alkanes of at least 4 members (excludes halogenated alkanes) is 1. The summed E-state index contributed by atoms with van der Waals surface area (Å²) in [6.07, 6.45) is 8.80. The zero-order chi connectivity index (χ0) is 15.8. The van der Waals surface area contributed by atoms with Crippen LogP contribution in [0.3, 0.4) is 0 Å². The molecule has 3 heterocycles. The first kappa shape index (κ1) is 14.8. The summed E-state index contributed by atoms with van der Waals surface area (Å²) in [6.45, 7) is 5.18. The van der Waals surface area contributed by atoms with Crippen LogP contribution >= 0.6 is 11.3 Å². The first-order valence-electron chi connectivity index (χ1n) is 8.47. The van der Waals surface area contributed by atoms with Gasteiger partial charge in [0.25, 0.3) is 0 Å². The summed E-state index contributed by atoms with van der Waals surface area (Å²) >= 11 is 1.88. The standard InChI is InChI=1S/C18H22N4S/c1-12-10-13(2)22(21-12)9-4-3-7-15-17-14-6-5-8-16(14)23-18(17)20-11-19-15/h10-11H,3-9H2,1-2H3. The van der Waals surface area contributed by atoms with Gasteiger partial charge in [-0.2, -0.15) is 5.10 Å². The highest BCUT2D eigenvalue weighted by Gasteiger charge is 2.20. The zero-order valence-electron chi connectivity index (χ0n) is 13.8. The van der Waals surface area contributed by atoms with Crippen LogP contribution in [0.2, 0.25) is 0 Å². The Morgan fingerprint density at radius 3 is 2.91 bits per heavy atom. The highest BCUT2D eigenvalue weighted by Crippen LogP contribution is 2.37. The average molecular weight is 326 g/mol. The van der Waals surface area contributed by atoms with Crippen molar-refractivity contribution in [1.29, 1.82) is 0 Å². The van der Waals surface area contributed by atoms with E-state index in [1.807, 2.05) is 11.3 Å². The first-order valence-corrected chi connectivity index (χ1v) is 9.29. The molecule has 3 aromatic heterocycles. The van der Waals surface area contributed by atoms with E-state index in [2.05, 4.69) is 39.7 Å². The van der Waals surface area contributed by atoms with Crippen LogP contribution in [0.15, 0.2) is 12.4 Å². The van der Waals surface area contributed by atoms with Gasteiger partial charge in [-0.3, -0.25) is 4.68 Å². The summed E-state index contributed by atoms with van der Waals surface area (Å²) in [5.41, 5.74) is 5.15. The van der Waals surface area contributed by atoms with Gasteiger partial charge in [-0.25, -0.2) is 9.97 Å². The second-order valence-corrected chi connectivity index (χ2v) is 7.55. The molecule has 0 N–H and O–H groups in total. The summed E-state index contributed by atoms with van der Waals surface area (Å²) in [6, 6.07) is 2.14. The molecule has 4 nitrogen and oxygen atoms in total. The third-order valence-electron chi connectivity index (χ3n) is 4.72. The number of hydrogen-bond acceptors (Lipinski definition) is 4.